The first kappa shape index (κ1) is 28.3. The van der Waals surface area contributed by atoms with Crippen LogP contribution < -0.4 is 5.32 Å². The lowest BCUT2D eigenvalue weighted by molar-refractivity contribution is -0.231. The summed E-state index contributed by atoms with van der Waals surface area (Å²) in [6, 6.07) is 1.75. The third-order valence-electron chi connectivity index (χ3n) is 7.34. The van der Waals surface area contributed by atoms with Gasteiger partial charge in [0.25, 0.3) is 0 Å². The number of alkyl carbamates (subject to hydrolysis) is 1. The average Bonchev–Trinajstić information content (AvgIpc) is 3.54. The monoisotopic (exact) mass is 575 g/mol. The Morgan fingerprint density at radius 1 is 1.23 bits per heavy atom. The fourth-order valence-electron chi connectivity index (χ4n) is 5.75. The fraction of sp³-hybridized carbons (Fsp3) is 0.720. The van der Waals surface area contributed by atoms with E-state index in [0.29, 0.717) is 17.5 Å². The third kappa shape index (κ3) is 5.31. The van der Waals surface area contributed by atoms with E-state index in [4.69, 9.17) is 30.5 Å². The maximum Gasteiger partial charge on any atom is 0.408 e. The molecular formula is C25H33ClF3N5O5. The van der Waals surface area contributed by atoms with Crippen molar-refractivity contribution in [3.8, 4) is 0 Å². The van der Waals surface area contributed by atoms with Gasteiger partial charge in [0.2, 0.25) is 0 Å². The van der Waals surface area contributed by atoms with Crippen molar-refractivity contribution in [3.63, 3.8) is 0 Å². The SMILES string of the molecule is CC(C)(C)OC(=O)NCC1(C(F)(F)F)CCCN1C[C@H]1O[C@@H](n2ccc3c(Cl)ncnc32)[C@@H]2OC(C)(C)O[C@@H]21. The van der Waals surface area contributed by atoms with Crippen molar-refractivity contribution >= 4 is 28.7 Å². The summed E-state index contributed by atoms with van der Waals surface area (Å²) in [7, 11) is 0. The maximum absolute atomic E-state index is 14.7. The van der Waals surface area contributed by atoms with Gasteiger partial charge in [-0.25, -0.2) is 14.8 Å². The van der Waals surface area contributed by atoms with Crippen LogP contribution in [0.2, 0.25) is 5.15 Å². The molecule has 0 spiro atoms. The summed E-state index contributed by atoms with van der Waals surface area (Å²) in [6.45, 7) is 7.92. The number of carbonyl (C=O) groups is 1. The minimum Gasteiger partial charge on any atom is -0.444 e. The Morgan fingerprint density at radius 2 is 1.95 bits per heavy atom. The molecule has 2 aromatic rings. The van der Waals surface area contributed by atoms with Gasteiger partial charge in [0.05, 0.1) is 5.39 Å². The molecule has 10 nitrogen and oxygen atoms in total. The molecule has 1 amide bonds. The van der Waals surface area contributed by atoms with E-state index < -0.39 is 60.3 Å². The standard InChI is InChI=1S/C25H33ClF3N5O5/c1-22(2,3)39-21(35)30-12-24(25(27,28)29)8-6-9-33(24)11-15-16-17(38-23(4,5)37-16)20(36-15)34-10-7-14-18(26)31-13-32-19(14)34/h7,10,13,15-17,20H,6,8-9,11-12H2,1-5H3,(H,30,35)/t15-,16-,17-,20-,24?/m1/s1. The molecule has 5 rings (SSSR count). The molecule has 39 heavy (non-hydrogen) atoms. The van der Waals surface area contributed by atoms with Gasteiger partial charge in [-0.15, -0.1) is 0 Å². The van der Waals surface area contributed by atoms with E-state index in [-0.39, 0.29) is 24.7 Å². The molecule has 0 aliphatic carbocycles. The first-order valence-corrected chi connectivity index (χ1v) is 13.2. The Labute approximate surface area is 229 Å². The van der Waals surface area contributed by atoms with E-state index in [2.05, 4.69) is 15.3 Å². The van der Waals surface area contributed by atoms with Crippen LogP contribution in [-0.4, -0.2) is 86.6 Å². The third-order valence-corrected chi connectivity index (χ3v) is 7.64. The number of amides is 1. The molecule has 3 fully saturated rings. The van der Waals surface area contributed by atoms with E-state index in [0.717, 1.165) is 0 Å². The van der Waals surface area contributed by atoms with E-state index in [1.807, 2.05) is 0 Å². The number of likely N-dealkylation sites (tertiary alicyclic amines) is 1. The van der Waals surface area contributed by atoms with Crippen LogP contribution in [0.15, 0.2) is 18.6 Å². The number of nitrogens with zero attached hydrogens (tertiary/aromatic N) is 4. The second kappa shape index (κ2) is 9.72. The normalized spacial score (nSPS) is 31.1. The van der Waals surface area contributed by atoms with Crippen molar-refractivity contribution in [3.05, 3.63) is 23.7 Å². The topological polar surface area (TPSA) is 100.0 Å². The van der Waals surface area contributed by atoms with Crippen molar-refractivity contribution in [1.29, 1.82) is 0 Å². The number of fused-ring (bicyclic) bond motifs is 2. The predicted octanol–water partition coefficient (Wildman–Crippen LogP) is 4.42. The molecule has 5 heterocycles. The van der Waals surface area contributed by atoms with E-state index in [1.54, 1.807) is 51.4 Å². The van der Waals surface area contributed by atoms with Crippen LogP contribution in [-0.2, 0) is 18.9 Å². The van der Waals surface area contributed by atoms with Crippen molar-refractivity contribution in [2.75, 3.05) is 19.6 Å². The molecule has 1 unspecified atom stereocenters. The minimum absolute atomic E-state index is 0.0818. The van der Waals surface area contributed by atoms with Crippen LogP contribution in [0.1, 0.15) is 53.7 Å². The van der Waals surface area contributed by atoms with Crippen molar-refractivity contribution in [1.82, 2.24) is 24.8 Å². The molecule has 0 aromatic carbocycles. The number of aromatic nitrogens is 3. The number of nitrogens with one attached hydrogen (secondary N) is 1. The summed E-state index contributed by atoms with van der Waals surface area (Å²) in [6.07, 6.45) is -5.01. The lowest BCUT2D eigenvalue weighted by Crippen LogP contribution is -2.63. The zero-order chi connectivity index (χ0) is 28.4. The van der Waals surface area contributed by atoms with Gasteiger partial charge in [-0.05, 0) is 60.1 Å². The fourth-order valence-corrected chi connectivity index (χ4v) is 5.94. The van der Waals surface area contributed by atoms with Crippen molar-refractivity contribution in [2.24, 2.45) is 0 Å². The van der Waals surface area contributed by atoms with Crippen LogP contribution in [0.3, 0.4) is 0 Å². The van der Waals surface area contributed by atoms with Gasteiger partial charge >= 0.3 is 12.3 Å². The second-order valence-electron chi connectivity index (χ2n) is 11.7. The highest BCUT2D eigenvalue weighted by Crippen LogP contribution is 2.47. The smallest absolute Gasteiger partial charge is 0.408 e. The molecule has 14 heteroatoms. The number of rotatable bonds is 5. The average molecular weight is 576 g/mol. The lowest BCUT2D eigenvalue weighted by Gasteiger charge is -2.41. The summed E-state index contributed by atoms with van der Waals surface area (Å²) in [5, 5.41) is 3.24. The van der Waals surface area contributed by atoms with E-state index >= 15 is 0 Å². The van der Waals surface area contributed by atoms with Crippen LogP contribution >= 0.6 is 11.6 Å². The van der Waals surface area contributed by atoms with Crippen LogP contribution in [0, 0.1) is 0 Å². The number of alkyl halides is 3. The Morgan fingerprint density at radius 3 is 2.64 bits per heavy atom. The number of carbonyl (C=O) groups excluding carboxylic acids is 1. The Bertz CT molecular complexity index is 1230. The Kier molecular flexibility index (Phi) is 7.06. The summed E-state index contributed by atoms with van der Waals surface area (Å²) < 4.78 is 69.6. The molecule has 216 valence electrons. The molecular weight excluding hydrogens is 543 g/mol. The maximum atomic E-state index is 14.7. The Hall–Kier alpha value is -2.19. The van der Waals surface area contributed by atoms with Crippen LogP contribution in [0.25, 0.3) is 11.0 Å². The van der Waals surface area contributed by atoms with Crippen LogP contribution in [0.4, 0.5) is 18.0 Å². The van der Waals surface area contributed by atoms with Gasteiger partial charge < -0.3 is 28.8 Å². The number of hydrogen-bond acceptors (Lipinski definition) is 8. The van der Waals surface area contributed by atoms with Gasteiger partial charge in [0.1, 0.15) is 46.6 Å². The molecule has 0 saturated carbocycles. The first-order chi connectivity index (χ1) is 18.1. The minimum atomic E-state index is -4.62. The molecule has 3 saturated heterocycles. The van der Waals surface area contributed by atoms with Gasteiger partial charge in [0.15, 0.2) is 12.0 Å². The molecule has 5 atom stereocenters. The molecule has 1 N–H and O–H groups in total. The molecule has 3 aliphatic rings. The summed E-state index contributed by atoms with van der Waals surface area (Å²) in [5.74, 6) is -0.963. The summed E-state index contributed by atoms with van der Waals surface area (Å²) in [5.41, 5.74) is -2.60. The highest BCUT2D eigenvalue weighted by molar-refractivity contribution is 6.33. The van der Waals surface area contributed by atoms with E-state index in [1.165, 1.54) is 11.2 Å². The largest absolute Gasteiger partial charge is 0.444 e. The molecule has 0 bridgehead atoms. The summed E-state index contributed by atoms with van der Waals surface area (Å²) in [4.78, 5) is 21.9. The molecule has 0 radical (unpaired) electrons. The molecule has 2 aromatic heterocycles. The quantitative estimate of drug-likeness (QED) is 0.523. The first-order valence-electron chi connectivity index (χ1n) is 12.9. The van der Waals surface area contributed by atoms with Gasteiger partial charge in [0, 0.05) is 19.3 Å². The number of hydrogen-bond donors (Lipinski definition) is 1. The van der Waals surface area contributed by atoms with Gasteiger partial charge in [-0.2, -0.15) is 13.2 Å². The second-order valence-corrected chi connectivity index (χ2v) is 12.0. The zero-order valence-corrected chi connectivity index (χ0v) is 23.2. The van der Waals surface area contributed by atoms with E-state index in [9.17, 15) is 18.0 Å². The Balaban J connectivity index is 1.41. The highest BCUT2D eigenvalue weighted by atomic mass is 35.5. The number of halogens is 4. The van der Waals surface area contributed by atoms with Gasteiger partial charge in [-0.1, -0.05) is 11.6 Å². The van der Waals surface area contributed by atoms with Crippen molar-refractivity contribution < 1.29 is 36.9 Å². The summed E-state index contributed by atoms with van der Waals surface area (Å²) >= 11 is 6.22. The van der Waals surface area contributed by atoms with Gasteiger partial charge in [-0.3, -0.25) is 4.90 Å². The highest BCUT2D eigenvalue weighted by Gasteiger charge is 2.63. The zero-order valence-electron chi connectivity index (χ0n) is 22.4. The lowest BCUT2D eigenvalue weighted by atomic mass is 9.94. The molecule has 3 aliphatic heterocycles. The van der Waals surface area contributed by atoms with Crippen molar-refractivity contribution in [2.45, 2.75) is 95.1 Å². The predicted molar refractivity (Wildman–Crippen MR) is 134 cm³/mol. The van der Waals surface area contributed by atoms with Crippen LogP contribution in [0.5, 0.6) is 0 Å². The number of ether oxygens (including phenoxy) is 4.